The van der Waals surface area contributed by atoms with Gasteiger partial charge >= 0.3 is 0 Å². The summed E-state index contributed by atoms with van der Waals surface area (Å²) < 4.78 is 2.02. The van der Waals surface area contributed by atoms with E-state index in [-0.39, 0.29) is 0 Å². The number of hydrogen-bond donors (Lipinski definition) is 0. The fraction of sp³-hybridized carbons (Fsp3) is 0.0667. The Kier molecular flexibility index (Phi) is 3.80. The maximum Gasteiger partial charge on any atom is 0.159 e. The van der Waals surface area contributed by atoms with E-state index in [1.54, 1.807) is 0 Å². The lowest BCUT2D eigenvalue weighted by molar-refractivity contribution is 1.06. The number of aromatic nitrogens is 2. The average Bonchev–Trinajstić information content (AvgIpc) is 2.44. The lowest BCUT2D eigenvalue weighted by Gasteiger charge is -2.10. The fourth-order valence-electron chi connectivity index (χ4n) is 2.10. The third kappa shape index (κ3) is 2.36. The molecule has 0 amide bonds. The topological polar surface area (TPSA) is 25.8 Å². The number of halogens is 3. The third-order valence-corrected chi connectivity index (χ3v) is 4.94. The van der Waals surface area contributed by atoms with Crippen LogP contribution in [0.2, 0.25) is 5.15 Å². The minimum atomic E-state index is 0.423. The van der Waals surface area contributed by atoms with Crippen LogP contribution >= 0.6 is 43.5 Å². The molecule has 0 saturated heterocycles. The first-order chi connectivity index (χ1) is 9.58. The van der Waals surface area contributed by atoms with Crippen LogP contribution < -0.4 is 0 Å². The van der Waals surface area contributed by atoms with Crippen LogP contribution in [0.25, 0.3) is 22.0 Å². The van der Waals surface area contributed by atoms with Crippen molar-refractivity contribution in [1.29, 1.82) is 0 Å². The van der Waals surface area contributed by atoms with Crippen molar-refractivity contribution in [2.24, 2.45) is 0 Å². The second-order valence-corrected chi connectivity index (χ2v) is 6.53. The van der Waals surface area contributed by atoms with Crippen molar-refractivity contribution < 1.29 is 0 Å². The van der Waals surface area contributed by atoms with Crippen LogP contribution in [0.1, 0.15) is 5.56 Å². The Hall–Kier alpha value is -0.970. The third-order valence-electron chi connectivity index (χ3n) is 3.15. The van der Waals surface area contributed by atoms with Gasteiger partial charge in [-0.05, 0) is 24.6 Å². The van der Waals surface area contributed by atoms with Crippen LogP contribution in [0, 0.1) is 6.92 Å². The molecule has 5 heteroatoms. The Bertz CT molecular complexity index is 818. The minimum absolute atomic E-state index is 0.423. The van der Waals surface area contributed by atoms with Gasteiger partial charge in [0.25, 0.3) is 0 Å². The van der Waals surface area contributed by atoms with Gasteiger partial charge in [0.1, 0.15) is 5.69 Å². The lowest BCUT2D eigenvalue weighted by atomic mass is 10.0. The summed E-state index contributed by atoms with van der Waals surface area (Å²) in [5.74, 6) is 0. The number of aryl methyl sites for hydroxylation is 1. The highest BCUT2D eigenvalue weighted by molar-refractivity contribution is 9.11. The van der Waals surface area contributed by atoms with Crippen molar-refractivity contribution in [1.82, 2.24) is 10.2 Å². The van der Waals surface area contributed by atoms with Crippen LogP contribution in [0.5, 0.6) is 0 Å². The SMILES string of the molecule is Cc1cc(Br)c(-c2nnc(Cl)c3ccccc23)cc1Br. The van der Waals surface area contributed by atoms with Crippen LogP contribution in [-0.4, -0.2) is 10.2 Å². The maximum absolute atomic E-state index is 6.12. The van der Waals surface area contributed by atoms with E-state index in [0.717, 1.165) is 36.5 Å². The molecule has 3 rings (SSSR count). The second kappa shape index (κ2) is 5.43. The Morgan fingerprint density at radius 2 is 1.65 bits per heavy atom. The van der Waals surface area contributed by atoms with Crippen LogP contribution in [-0.2, 0) is 0 Å². The Morgan fingerprint density at radius 3 is 2.40 bits per heavy atom. The van der Waals surface area contributed by atoms with Crippen molar-refractivity contribution in [3.05, 3.63) is 56.1 Å². The first-order valence-electron chi connectivity index (χ1n) is 5.95. The zero-order valence-electron chi connectivity index (χ0n) is 10.5. The average molecular weight is 413 g/mol. The highest BCUT2D eigenvalue weighted by Crippen LogP contribution is 2.36. The maximum atomic E-state index is 6.12. The number of benzene rings is 2. The Labute approximate surface area is 138 Å². The standard InChI is InChI=1S/C15H9Br2ClN2/c1-8-6-13(17)11(7-12(8)16)14-9-4-2-3-5-10(9)15(18)20-19-14/h2-7H,1H3. The largest absolute Gasteiger partial charge is 0.159 e. The molecule has 3 aromatic rings. The van der Waals surface area contributed by atoms with Gasteiger partial charge in [-0.25, -0.2) is 0 Å². The predicted molar refractivity (Wildman–Crippen MR) is 90.1 cm³/mol. The highest BCUT2D eigenvalue weighted by atomic mass is 79.9. The molecule has 0 N–H and O–H groups in total. The van der Waals surface area contributed by atoms with Gasteiger partial charge in [-0.15, -0.1) is 10.2 Å². The van der Waals surface area contributed by atoms with E-state index in [0.29, 0.717) is 5.15 Å². The smallest absolute Gasteiger partial charge is 0.148 e. The molecule has 1 aromatic heterocycles. The molecular weight excluding hydrogens is 403 g/mol. The molecule has 100 valence electrons. The summed E-state index contributed by atoms with van der Waals surface area (Å²) >= 11 is 13.3. The van der Waals surface area contributed by atoms with Crippen molar-refractivity contribution >= 4 is 54.2 Å². The lowest BCUT2D eigenvalue weighted by Crippen LogP contribution is -1.93. The zero-order valence-corrected chi connectivity index (χ0v) is 14.4. The summed E-state index contributed by atoms with van der Waals surface area (Å²) in [5.41, 5.74) is 2.97. The quantitative estimate of drug-likeness (QED) is 0.506. The number of hydrogen-bond acceptors (Lipinski definition) is 2. The molecule has 0 radical (unpaired) electrons. The summed E-state index contributed by atoms with van der Waals surface area (Å²) in [4.78, 5) is 0. The molecule has 0 fully saturated rings. The molecule has 0 atom stereocenters. The van der Waals surface area contributed by atoms with Crippen LogP contribution in [0.4, 0.5) is 0 Å². The molecule has 2 aromatic carbocycles. The molecule has 0 bridgehead atoms. The summed E-state index contributed by atoms with van der Waals surface area (Å²) in [7, 11) is 0. The molecule has 0 unspecified atom stereocenters. The van der Waals surface area contributed by atoms with Crippen molar-refractivity contribution in [3.8, 4) is 11.3 Å². The summed E-state index contributed by atoms with van der Waals surface area (Å²) in [6.07, 6.45) is 0. The van der Waals surface area contributed by atoms with Gasteiger partial charge in [-0.2, -0.15) is 0 Å². The van der Waals surface area contributed by atoms with E-state index in [2.05, 4.69) is 48.1 Å². The Morgan fingerprint density at radius 1 is 0.950 bits per heavy atom. The Balaban J connectivity index is 2.36. The van der Waals surface area contributed by atoms with E-state index in [9.17, 15) is 0 Å². The first-order valence-corrected chi connectivity index (χ1v) is 7.91. The van der Waals surface area contributed by atoms with E-state index in [1.165, 1.54) is 0 Å². The second-order valence-electron chi connectivity index (χ2n) is 4.47. The van der Waals surface area contributed by atoms with Gasteiger partial charge in [0.2, 0.25) is 0 Å². The number of rotatable bonds is 1. The molecule has 0 saturated carbocycles. The van der Waals surface area contributed by atoms with Gasteiger partial charge in [0.05, 0.1) is 0 Å². The van der Waals surface area contributed by atoms with Crippen LogP contribution in [0.15, 0.2) is 45.3 Å². The van der Waals surface area contributed by atoms with Gasteiger partial charge in [0, 0.05) is 25.3 Å². The van der Waals surface area contributed by atoms with Crippen LogP contribution in [0.3, 0.4) is 0 Å². The molecule has 0 aliphatic heterocycles. The molecule has 0 aliphatic rings. The molecule has 1 heterocycles. The number of nitrogens with zero attached hydrogens (tertiary/aromatic N) is 2. The van der Waals surface area contributed by atoms with E-state index in [4.69, 9.17) is 11.6 Å². The molecule has 2 nitrogen and oxygen atoms in total. The van der Waals surface area contributed by atoms with E-state index >= 15 is 0 Å². The van der Waals surface area contributed by atoms with E-state index < -0.39 is 0 Å². The molecule has 0 aliphatic carbocycles. The zero-order chi connectivity index (χ0) is 14.3. The normalized spacial score (nSPS) is 11.0. The highest BCUT2D eigenvalue weighted by Gasteiger charge is 2.13. The van der Waals surface area contributed by atoms with Crippen molar-refractivity contribution in [3.63, 3.8) is 0 Å². The molecule has 20 heavy (non-hydrogen) atoms. The van der Waals surface area contributed by atoms with Gasteiger partial charge < -0.3 is 0 Å². The van der Waals surface area contributed by atoms with Gasteiger partial charge in [-0.3, -0.25) is 0 Å². The summed E-state index contributed by atoms with van der Waals surface area (Å²) in [6, 6.07) is 12.0. The summed E-state index contributed by atoms with van der Waals surface area (Å²) in [5, 5.41) is 10.6. The van der Waals surface area contributed by atoms with Crippen molar-refractivity contribution in [2.45, 2.75) is 6.92 Å². The fourth-order valence-corrected chi connectivity index (χ4v) is 3.29. The number of fused-ring (bicyclic) bond motifs is 1. The monoisotopic (exact) mass is 410 g/mol. The van der Waals surface area contributed by atoms with Gasteiger partial charge in [0.15, 0.2) is 5.15 Å². The molecule has 0 spiro atoms. The summed E-state index contributed by atoms with van der Waals surface area (Å²) in [6.45, 7) is 2.05. The van der Waals surface area contributed by atoms with Crippen molar-refractivity contribution in [2.75, 3.05) is 0 Å². The van der Waals surface area contributed by atoms with E-state index in [1.807, 2.05) is 37.3 Å². The predicted octanol–water partition coefficient (Wildman–Crippen LogP) is 5.78. The minimum Gasteiger partial charge on any atom is -0.148 e. The molecular formula is C15H9Br2ClN2. The van der Waals surface area contributed by atoms with Gasteiger partial charge in [-0.1, -0.05) is 67.7 Å². The first kappa shape index (κ1) is 14.0.